The number of likely N-dealkylation sites (tertiary alicyclic amines) is 1. The van der Waals surface area contributed by atoms with E-state index in [0.717, 1.165) is 42.4 Å². The van der Waals surface area contributed by atoms with Gasteiger partial charge in [-0.25, -0.2) is 0 Å². The summed E-state index contributed by atoms with van der Waals surface area (Å²) >= 11 is 6.04. The summed E-state index contributed by atoms with van der Waals surface area (Å²) in [6, 6.07) is 4.93. The molecule has 1 saturated heterocycles. The van der Waals surface area contributed by atoms with Gasteiger partial charge in [0.1, 0.15) is 6.04 Å². The van der Waals surface area contributed by atoms with E-state index in [1.54, 1.807) is 12.3 Å². The zero-order valence-corrected chi connectivity index (χ0v) is 11.9. The number of rotatable bonds is 3. The van der Waals surface area contributed by atoms with Crippen molar-refractivity contribution in [2.24, 2.45) is 0 Å². The summed E-state index contributed by atoms with van der Waals surface area (Å²) < 4.78 is 0. The molecule has 2 N–H and O–H groups in total. The lowest BCUT2D eigenvalue weighted by Crippen LogP contribution is -2.37. The molecule has 106 valence electrons. The predicted octanol–water partition coefficient (Wildman–Crippen LogP) is 3.43. The van der Waals surface area contributed by atoms with Crippen LogP contribution in [-0.2, 0) is 4.79 Å². The second-order valence-electron chi connectivity index (χ2n) is 5.27. The number of aliphatic carboxylic acids is 1. The number of aromatic nitrogens is 1. The molecule has 20 heavy (non-hydrogen) atoms. The van der Waals surface area contributed by atoms with E-state index >= 15 is 0 Å². The average Bonchev–Trinajstić information content (AvgIpc) is 2.83. The summed E-state index contributed by atoms with van der Waals surface area (Å²) in [5.41, 5.74) is 1.73. The van der Waals surface area contributed by atoms with Crippen molar-refractivity contribution in [3.63, 3.8) is 0 Å². The fourth-order valence-electron chi connectivity index (χ4n) is 3.00. The molecule has 0 aliphatic carbocycles. The summed E-state index contributed by atoms with van der Waals surface area (Å²) in [7, 11) is 0. The van der Waals surface area contributed by atoms with Crippen LogP contribution in [0.25, 0.3) is 10.9 Å². The molecule has 1 aromatic heterocycles. The van der Waals surface area contributed by atoms with E-state index in [9.17, 15) is 9.90 Å². The fourth-order valence-corrected chi connectivity index (χ4v) is 3.18. The number of carboxylic acids is 1. The Bertz CT molecular complexity index is 632. The first-order valence-electron chi connectivity index (χ1n) is 6.90. The third-order valence-electron chi connectivity index (χ3n) is 3.96. The Kier molecular flexibility index (Phi) is 3.68. The highest BCUT2D eigenvalue weighted by atomic mass is 35.5. The van der Waals surface area contributed by atoms with E-state index in [-0.39, 0.29) is 0 Å². The van der Waals surface area contributed by atoms with Crippen LogP contribution in [0.2, 0.25) is 5.02 Å². The second kappa shape index (κ2) is 5.46. The summed E-state index contributed by atoms with van der Waals surface area (Å²) in [4.78, 5) is 16.9. The minimum absolute atomic E-state index is 0.595. The minimum Gasteiger partial charge on any atom is -0.480 e. The van der Waals surface area contributed by atoms with Crippen LogP contribution in [0, 0.1) is 0 Å². The van der Waals surface area contributed by atoms with Crippen LogP contribution in [0.3, 0.4) is 0 Å². The Morgan fingerprint density at radius 1 is 1.30 bits per heavy atom. The van der Waals surface area contributed by atoms with Gasteiger partial charge in [-0.1, -0.05) is 18.0 Å². The van der Waals surface area contributed by atoms with Gasteiger partial charge in [0.25, 0.3) is 0 Å². The first-order chi connectivity index (χ1) is 9.66. The maximum Gasteiger partial charge on any atom is 0.325 e. The summed E-state index contributed by atoms with van der Waals surface area (Å²) in [5, 5.41) is 11.2. The summed E-state index contributed by atoms with van der Waals surface area (Å²) in [5.74, 6) is -0.798. The van der Waals surface area contributed by atoms with E-state index < -0.39 is 12.0 Å². The van der Waals surface area contributed by atoms with E-state index in [1.807, 2.05) is 12.1 Å². The molecule has 5 heteroatoms. The van der Waals surface area contributed by atoms with Crippen molar-refractivity contribution in [3.05, 3.63) is 35.0 Å². The molecular weight excluding hydrogens is 276 g/mol. The van der Waals surface area contributed by atoms with Gasteiger partial charge < -0.3 is 10.1 Å². The van der Waals surface area contributed by atoms with Gasteiger partial charge in [-0.2, -0.15) is 0 Å². The molecule has 1 aliphatic rings. The Morgan fingerprint density at radius 3 is 2.75 bits per heavy atom. The third-order valence-corrected chi connectivity index (χ3v) is 4.20. The van der Waals surface area contributed by atoms with Gasteiger partial charge in [-0.05, 0) is 44.1 Å². The largest absolute Gasteiger partial charge is 0.480 e. The van der Waals surface area contributed by atoms with Crippen molar-refractivity contribution in [1.82, 2.24) is 9.88 Å². The van der Waals surface area contributed by atoms with E-state index in [0.29, 0.717) is 5.02 Å². The standard InChI is InChI=1S/C15H17ClN2O2/c16-10-4-5-13-11(8-10)12(9-17-13)14(15(19)20)18-6-2-1-3-7-18/h4-5,8-9,14,17H,1-3,6-7H2,(H,19,20)/t14-/m1/s1. The second-order valence-corrected chi connectivity index (χ2v) is 5.71. The zero-order valence-electron chi connectivity index (χ0n) is 11.1. The Balaban J connectivity index is 2.04. The Morgan fingerprint density at radius 2 is 2.05 bits per heavy atom. The van der Waals surface area contributed by atoms with Crippen LogP contribution >= 0.6 is 11.6 Å². The maximum atomic E-state index is 11.7. The lowest BCUT2D eigenvalue weighted by molar-refractivity contribution is -0.144. The number of nitrogens with zero attached hydrogens (tertiary/aromatic N) is 1. The highest BCUT2D eigenvalue weighted by Gasteiger charge is 2.30. The normalized spacial score (nSPS) is 18.2. The van der Waals surface area contributed by atoms with Crippen molar-refractivity contribution in [1.29, 1.82) is 0 Å². The van der Waals surface area contributed by atoms with E-state index in [1.165, 1.54) is 6.42 Å². The number of benzene rings is 1. The lowest BCUT2D eigenvalue weighted by Gasteiger charge is -2.31. The number of nitrogens with one attached hydrogen (secondary N) is 1. The molecule has 0 unspecified atom stereocenters. The number of aromatic amines is 1. The predicted molar refractivity (Wildman–Crippen MR) is 79.1 cm³/mol. The molecule has 2 aromatic rings. The Hall–Kier alpha value is -1.52. The van der Waals surface area contributed by atoms with Crippen LogP contribution in [-0.4, -0.2) is 34.0 Å². The van der Waals surface area contributed by atoms with Crippen molar-refractivity contribution in [2.45, 2.75) is 25.3 Å². The quantitative estimate of drug-likeness (QED) is 0.911. The molecule has 0 saturated carbocycles. The van der Waals surface area contributed by atoms with Gasteiger partial charge in [0.15, 0.2) is 0 Å². The number of carboxylic acid groups (broad SMARTS) is 1. The van der Waals surface area contributed by atoms with Crippen LogP contribution in [0.5, 0.6) is 0 Å². The molecule has 1 atom stereocenters. The molecule has 0 radical (unpaired) electrons. The molecule has 0 bridgehead atoms. The summed E-state index contributed by atoms with van der Waals surface area (Å²) in [6.07, 6.45) is 5.11. The number of hydrogen-bond donors (Lipinski definition) is 2. The molecule has 3 rings (SSSR count). The van der Waals surface area contributed by atoms with Crippen LogP contribution in [0.15, 0.2) is 24.4 Å². The minimum atomic E-state index is -0.798. The van der Waals surface area contributed by atoms with Crippen molar-refractivity contribution in [2.75, 3.05) is 13.1 Å². The topological polar surface area (TPSA) is 56.3 Å². The lowest BCUT2D eigenvalue weighted by atomic mass is 10.0. The molecule has 1 aromatic carbocycles. The highest BCUT2D eigenvalue weighted by molar-refractivity contribution is 6.31. The van der Waals surface area contributed by atoms with Crippen molar-refractivity contribution in [3.8, 4) is 0 Å². The van der Waals surface area contributed by atoms with Gasteiger partial charge in [0, 0.05) is 27.7 Å². The molecular formula is C15H17ClN2O2. The molecule has 2 heterocycles. The number of hydrogen-bond acceptors (Lipinski definition) is 2. The fraction of sp³-hybridized carbons (Fsp3) is 0.400. The molecule has 4 nitrogen and oxygen atoms in total. The maximum absolute atomic E-state index is 11.7. The third kappa shape index (κ3) is 2.41. The molecule has 1 aliphatic heterocycles. The molecule has 1 fully saturated rings. The van der Waals surface area contributed by atoms with E-state index in [2.05, 4.69) is 9.88 Å². The first kappa shape index (κ1) is 13.5. The first-order valence-corrected chi connectivity index (χ1v) is 7.28. The van der Waals surface area contributed by atoms with Gasteiger partial charge in [0.2, 0.25) is 0 Å². The van der Waals surface area contributed by atoms with Crippen LogP contribution < -0.4 is 0 Å². The Labute approximate surface area is 122 Å². The van der Waals surface area contributed by atoms with Crippen LogP contribution in [0.4, 0.5) is 0 Å². The summed E-state index contributed by atoms with van der Waals surface area (Å²) in [6.45, 7) is 1.68. The number of halogens is 1. The zero-order chi connectivity index (χ0) is 14.1. The molecule has 0 spiro atoms. The van der Waals surface area contributed by atoms with Gasteiger partial charge in [-0.15, -0.1) is 0 Å². The van der Waals surface area contributed by atoms with Gasteiger partial charge >= 0.3 is 5.97 Å². The van der Waals surface area contributed by atoms with Crippen molar-refractivity contribution >= 4 is 28.5 Å². The monoisotopic (exact) mass is 292 g/mol. The number of piperidine rings is 1. The molecule has 0 amide bonds. The number of carbonyl (C=O) groups is 1. The number of H-pyrrole nitrogens is 1. The van der Waals surface area contributed by atoms with Crippen LogP contribution in [0.1, 0.15) is 30.9 Å². The number of fused-ring (bicyclic) bond motifs is 1. The SMILES string of the molecule is O=C(O)[C@@H](c1c[nH]c2ccc(Cl)cc12)N1CCCCC1. The smallest absolute Gasteiger partial charge is 0.325 e. The van der Waals surface area contributed by atoms with E-state index in [4.69, 9.17) is 11.6 Å². The van der Waals surface area contributed by atoms with Crippen molar-refractivity contribution < 1.29 is 9.90 Å². The van der Waals surface area contributed by atoms with Gasteiger partial charge in [0.05, 0.1) is 0 Å². The van der Waals surface area contributed by atoms with Gasteiger partial charge in [-0.3, -0.25) is 9.69 Å². The average molecular weight is 293 g/mol. The highest BCUT2D eigenvalue weighted by Crippen LogP contribution is 2.32.